The van der Waals surface area contributed by atoms with Crippen LogP contribution in [0.5, 0.6) is 0 Å². The van der Waals surface area contributed by atoms with Gasteiger partial charge in [0, 0.05) is 12.2 Å². The number of nitrogen functional groups attached to an aromatic ring is 1. The normalized spacial score (nSPS) is 15.7. The number of anilines is 1. The molecule has 1 aliphatic rings. The largest absolute Gasteiger partial charge is 0.398 e. The maximum atomic E-state index is 12.4. The summed E-state index contributed by atoms with van der Waals surface area (Å²) in [6, 6.07) is 3.63. The summed E-state index contributed by atoms with van der Waals surface area (Å²) in [7, 11) is -3.44. The van der Waals surface area contributed by atoms with Crippen LogP contribution in [0.3, 0.4) is 0 Å². The highest BCUT2D eigenvalue weighted by Gasteiger charge is 2.26. The third kappa shape index (κ3) is 3.28. The summed E-state index contributed by atoms with van der Waals surface area (Å²) in [5.41, 5.74) is 8.24. The van der Waals surface area contributed by atoms with Crippen LogP contribution in [0.25, 0.3) is 0 Å². The van der Waals surface area contributed by atoms with Crippen molar-refractivity contribution in [3.63, 3.8) is 0 Å². The zero-order chi connectivity index (χ0) is 14.0. The van der Waals surface area contributed by atoms with Crippen molar-refractivity contribution in [2.24, 2.45) is 5.92 Å². The summed E-state index contributed by atoms with van der Waals surface area (Å²) < 4.78 is 27.5. The van der Waals surface area contributed by atoms with E-state index in [4.69, 9.17) is 5.73 Å². The molecule has 4 nitrogen and oxygen atoms in total. The third-order valence-corrected chi connectivity index (χ3v) is 5.10. The Morgan fingerprint density at radius 1 is 1.26 bits per heavy atom. The predicted octanol–water partition coefficient (Wildman–Crippen LogP) is 2.08. The van der Waals surface area contributed by atoms with Gasteiger partial charge in [-0.1, -0.05) is 13.8 Å². The Hall–Kier alpha value is -1.07. The minimum Gasteiger partial charge on any atom is -0.398 e. The molecule has 0 saturated heterocycles. The van der Waals surface area contributed by atoms with Crippen molar-refractivity contribution in [1.82, 2.24) is 4.72 Å². The molecule has 0 amide bonds. The highest BCUT2D eigenvalue weighted by Crippen LogP contribution is 2.29. The van der Waals surface area contributed by atoms with Crippen molar-refractivity contribution >= 4 is 15.7 Å². The van der Waals surface area contributed by atoms with Crippen molar-refractivity contribution < 1.29 is 8.42 Å². The molecule has 2 rings (SSSR count). The molecule has 1 aliphatic carbocycles. The van der Waals surface area contributed by atoms with Crippen LogP contribution >= 0.6 is 0 Å². The highest BCUT2D eigenvalue weighted by atomic mass is 32.2. The third-order valence-electron chi connectivity index (χ3n) is 3.61. The second-order valence-electron chi connectivity index (χ2n) is 5.16. The summed E-state index contributed by atoms with van der Waals surface area (Å²) in [5, 5.41) is 0. The van der Waals surface area contributed by atoms with Gasteiger partial charge in [0.15, 0.2) is 0 Å². The minimum absolute atomic E-state index is 0.354. The van der Waals surface area contributed by atoms with Gasteiger partial charge in [-0.25, -0.2) is 13.1 Å². The van der Waals surface area contributed by atoms with E-state index in [0.717, 1.165) is 30.4 Å². The number of sulfonamides is 1. The zero-order valence-corrected chi connectivity index (χ0v) is 12.4. The maximum absolute atomic E-state index is 12.4. The van der Waals surface area contributed by atoms with E-state index < -0.39 is 10.0 Å². The molecule has 3 N–H and O–H groups in total. The molecule has 0 spiro atoms. The van der Waals surface area contributed by atoms with Crippen molar-refractivity contribution in [3.8, 4) is 0 Å². The smallest absolute Gasteiger partial charge is 0.240 e. The predicted molar refractivity (Wildman–Crippen MR) is 77.5 cm³/mol. The summed E-state index contributed by atoms with van der Waals surface area (Å²) in [6.45, 7) is 4.47. The van der Waals surface area contributed by atoms with Gasteiger partial charge in [0.2, 0.25) is 10.0 Å². The number of nitrogens with two attached hydrogens (primary N) is 1. The van der Waals surface area contributed by atoms with E-state index in [-0.39, 0.29) is 0 Å². The Bertz CT molecular complexity index is 563. The summed E-state index contributed by atoms with van der Waals surface area (Å²) in [4.78, 5) is 0.354. The van der Waals surface area contributed by atoms with Crippen LogP contribution in [0, 0.1) is 5.92 Å². The van der Waals surface area contributed by atoms with Crippen LogP contribution in [-0.2, 0) is 22.9 Å². The summed E-state index contributed by atoms with van der Waals surface area (Å²) >= 11 is 0. The van der Waals surface area contributed by atoms with Crippen molar-refractivity contribution in [1.29, 1.82) is 0 Å². The topological polar surface area (TPSA) is 72.2 Å². The summed E-state index contributed by atoms with van der Waals surface area (Å²) in [6.07, 6.45) is 3.65. The molecule has 0 heterocycles. The Morgan fingerprint density at radius 2 is 1.95 bits per heavy atom. The molecular weight excluding hydrogens is 260 g/mol. The first kappa shape index (κ1) is 14.3. The van der Waals surface area contributed by atoms with Crippen LogP contribution in [0.4, 0.5) is 5.69 Å². The van der Waals surface area contributed by atoms with Gasteiger partial charge in [0.05, 0.1) is 4.90 Å². The number of rotatable bonds is 6. The zero-order valence-electron chi connectivity index (χ0n) is 11.6. The molecular formula is C14H22N2O2S. The molecule has 106 valence electrons. The first-order valence-corrected chi connectivity index (χ1v) is 8.37. The van der Waals surface area contributed by atoms with Crippen molar-refractivity contribution in [2.75, 3.05) is 12.3 Å². The fraction of sp³-hybridized carbons (Fsp3) is 0.571. The Balaban J connectivity index is 2.37. The second kappa shape index (κ2) is 5.51. The van der Waals surface area contributed by atoms with Crippen LogP contribution < -0.4 is 10.5 Å². The maximum Gasteiger partial charge on any atom is 0.240 e. The lowest BCUT2D eigenvalue weighted by Gasteiger charge is -2.14. The van der Waals surface area contributed by atoms with Gasteiger partial charge in [-0.2, -0.15) is 0 Å². The standard InChI is InChI=1S/C14H22N2O2S/c1-3-10-7-13(15)12(4-2)14(8-10)19(17,18)16-9-11-5-6-11/h7-8,11,16H,3-6,9,15H2,1-2H3. The fourth-order valence-corrected chi connectivity index (χ4v) is 3.68. The Kier molecular flexibility index (Phi) is 4.16. The SMILES string of the molecule is CCc1cc(N)c(CC)c(S(=O)(=O)NCC2CC2)c1. The first-order chi connectivity index (χ1) is 8.97. The quantitative estimate of drug-likeness (QED) is 0.785. The number of aryl methyl sites for hydroxylation is 1. The van der Waals surface area contributed by atoms with Crippen LogP contribution in [0.15, 0.2) is 17.0 Å². The summed E-state index contributed by atoms with van der Waals surface area (Å²) in [5.74, 6) is 0.520. The highest BCUT2D eigenvalue weighted by molar-refractivity contribution is 7.89. The molecule has 19 heavy (non-hydrogen) atoms. The van der Waals surface area contributed by atoms with Gasteiger partial charge >= 0.3 is 0 Å². The molecule has 0 atom stereocenters. The number of benzene rings is 1. The van der Waals surface area contributed by atoms with E-state index >= 15 is 0 Å². The van der Waals surface area contributed by atoms with Crippen molar-refractivity contribution in [2.45, 2.75) is 44.4 Å². The average Bonchev–Trinajstić information content (AvgIpc) is 3.19. The van der Waals surface area contributed by atoms with E-state index in [1.165, 1.54) is 0 Å². The molecule has 1 aromatic rings. The van der Waals surface area contributed by atoms with Gasteiger partial charge in [-0.15, -0.1) is 0 Å². The average molecular weight is 282 g/mol. The molecule has 1 saturated carbocycles. The van der Waals surface area contributed by atoms with Gasteiger partial charge in [-0.3, -0.25) is 0 Å². The first-order valence-electron chi connectivity index (χ1n) is 6.88. The fourth-order valence-electron chi connectivity index (χ4n) is 2.18. The van der Waals surface area contributed by atoms with Gasteiger partial charge in [-0.05, 0) is 54.9 Å². The lowest BCUT2D eigenvalue weighted by molar-refractivity contribution is 0.576. The number of hydrogen-bond acceptors (Lipinski definition) is 3. The van der Waals surface area contributed by atoms with Crippen molar-refractivity contribution in [3.05, 3.63) is 23.3 Å². The molecule has 0 aromatic heterocycles. The molecule has 0 radical (unpaired) electrons. The minimum atomic E-state index is -3.44. The van der Waals surface area contributed by atoms with E-state index in [1.54, 1.807) is 6.07 Å². The van der Waals surface area contributed by atoms with Gasteiger partial charge < -0.3 is 5.73 Å². The van der Waals surface area contributed by atoms with E-state index in [2.05, 4.69) is 4.72 Å². The Labute approximate surface area is 115 Å². The molecule has 1 aromatic carbocycles. The number of nitrogens with one attached hydrogen (secondary N) is 1. The van der Waals surface area contributed by atoms with Crippen LogP contribution in [0.1, 0.15) is 37.8 Å². The van der Waals surface area contributed by atoms with Gasteiger partial charge in [0.1, 0.15) is 0 Å². The molecule has 0 aliphatic heterocycles. The molecule has 1 fully saturated rings. The van der Waals surface area contributed by atoms with Gasteiger partial charge in [0.25, 0.3) is 0 Å². The monoisotopic (exact) mass is 282 g/mol. The van der Waals surface area contributed by atoms with Crippen LogP contribution in [0.2, 0.25) is 0 Å². The molecule has 0 unspecified atom stereocenters. The molecule has 0 bridgehead atoms. The van der Waals surface area contributed by atoms with Crippen LogP contribution in [-0.4, -0.2) is 15.0 Å². The second-order valence-corrected chi connectivity index (χ2v) is 6.90. The van der Waals surface area contributed by atoms with E-state index in [9.17, 15) is 8.42 Å². The lowest BCUT2D eigenvalue weighted by atomic mass is 10.1. The van der Waals surface area contributed by atoms with E-state index in [1.807, 2.05) is 19.9 Å². The lowest BCUT2D eigenvalue weighted by Crippen LogP contribution is -2.27. The van der Waals surface area contributed by atoms with E-state index in [0.29, 0.717) is 29.5 Å². The number of hydrogen-bond donors (Lipinski definition) is 2. The Morgan fingerprint density at radius 3 is 2.47 bits per heavy atom. The molecule has 5 heteroatoms.